The van der Waals surface area contributed by atoms with Crippen LogP contribution in [0.15, 0.2) is 24.5 Å². The van der Waals surface area contributed by atoms with Crippen LogP contribution in [-0.2, 0) is 11.3 Å². The molecule has 0 amide bonds. The van der Waals surface area contributed by atoms with Crippen molar-refractivity contribution >= 4 is 40.2 Å². The molecule has 3 heterocycles. The number of hydrogen-bond donors (Lipinski definition) is 1. The normalized spacial score (nSPS) is 17.8. The highest BCUT2D eigenvalue weighted by Gasteiger charge is 2.20. The van der Waals surface area contributed by atoms with E-state index in [9.17, 15) is 4.39 Å². The van der Waals surface area contributed by atoms with Gasteiger partial charge in [-0.1, -0.05) is 35.7 Å². The summed E-state index contributed by atoms with van der Waals surface area (Å²) in [4.78, 5) is 12.2. The second-order valence-corrected chi connectivity index (χ2v) is 7.26. The van der Waals surface area contributed by atoms with Gasteiger partial charge in [0.15, 0.2) is 17.0 Å². The Bertz CT molecular complexity index is 956. The molecule has 2 aromatic heterocycles. The highest BCUT2D eigenvalue weighted by molar-refractivity contribution is 6.42. The van der Waals surface area contributed by atoms with Gasteiger partial charge in [0.1, 0.15) is 6.23 Å². The Morgan fingerprint density at radius 1 is 1.19 bits per heavy atom. The third kappa shape index (κ3) is 4.00. The van der Waals surface area contributed by atoms with Crippen LogP contribution in [0.3, 0.4) is 0 Å². The van der Waals surface area contributed by atoms with E-state index in [0.29, 0.717) is 40.2 Å². The summed E-state index contributed by atoms with van der Waals surface area (Å²) >= 11 is 12.0. The Morgan fingerprint density at radius 2 is 2.07 bits per heavy atom. The van der Waals surface area contributed by atoms with Crippen LogP contribution in [-0.4, -0.2) is 26.1 Å². The maximum Gasteiger partial charge on any atom is 0.312 e. The SMILES string of the molecule is Fc1nc(NCc2ccc(Cl)c(Cl)c2)c2ncn(C3CCCCCO3)c2n1. The molecule has 1 N–H and O–H groups in total. The number of hydrogen-bond acceptors (Lipinski definition) is 5. The van der Waals surface area contributed by atoms with Gasteiger partial charge >= 0.3 is 6.08 Å². The Hall–Kier alpha value is -1.96. The van der Waals surface area contributed by atoms with Crippen molar-refractivity contribution in [3.8, 4) is 0 Å². The number of fused-ring (bicyclic) bond motifs is 1. The highest BCUT2D eigenvalue weighted by atomic mass is 35.5. The Morgan fingerprint density at radius 3 is 2.93 bits per heavy atom. The molecular weight excluding hydrogens is 392 g/mol. The maximum absolute atomic E-state index is 14.1. The first-order valence-corrected chi connectivity index (χ1v) is 9.57. The van der Waals surface area contributed by atoms with Gasteiger partial charge < -0.3 is 10.1 Å². The Kier molecular flexibility index (Phi) is 5.43. The quantitative estimate of drug-likeness (QED) is 0.615. The lowest BCUT2D eigenvalue weighted by atomic mass is 10.2. The van der Waals surface area contributed by atoms with Crippen LogP contribution in [0.5, 0.6) is 0 Å². The number of nitrogens with zero attached hydrogens (tertiary/aromatic N) is 4. The van der Waals surface area contributed by atoms with E-state index >= 15 is 0 Å². The zero-order valence-corrected chi connectivity index (χ0v) is 16.0. The third-order valence-electron chi connectivity index (χ3n) is 4.55. The predicted molar refractivity (Wildman–Crippen MR) is 103 cm³/mol. The van der Waals surface area contributed by atoms with Crippen LogP contribution in [0.1, 0.15) is 37.5 Å². The van der Waals surface area contributed by atoms with Crippen LogP contribution in [0, 0.1) is 6.08 Å². The molecule has 0 bridgehead atoms. The molecule has 0 saturated carbocycles. The zero-order valence-electron chi connectivity index (χ0n) is 14.5. The van der Waals surface area contributed by atoms with E-state index in [1.54, 1.807) is 23.0 Å². The van der Waals surface area contributed by atoms with E-state index in [-0.39, 0.29) is 6.23 Å². The van der Waals surface area contributed by atoms with Crippen molar-refractivity contribution < 1.29 is 9.13 Å². The average Bonchev–Trinajstić information content (AvgIpc) is 2.88. The molecule has 1 unspecified atom stereocenters. The smallest absolute Gasteiger partial charge is 0.312 e. The van der Waals surface area contributed by atoms with Gasteiger partial charge in [0, 0.05) is 13.2 Å². The summed E-state index contributed by atoms with van der Waals surface area (Å²) in [5.74, 6) is 0.330. The topological polar surface area (TPSA) is 64.9 Å². The van der Waals surface area contributed by atoms with Gasteiger partial charge in [0.2, 0.25) is 0 Å². The largest absolute Gasteiger partial charge is 0.364 e. The van der Waals surface area contributed by atoms with Crippen molar-refractivity contribution in [3.63, 3.8) is 0 Å². The first-order chi connectivity index (χ1) is 13.1. The van der Waals surface area contributed by atoms with Crippen LogP contribution in [0.25, 0.3) is 11.2 Å². The summed E-state index contributed by atoms with van der Waals surface area (Å²) in [6.07, 6.45) is 4.71. The van der Waals surface area contributed by atoms with E-state index in [4.69, 9.17) is 27.9 Å². The molecule has 1 saturated heterocycles. The van der Waals surface area contributed by atoms with E-state index in [2.05, 4.69) is 20.3 Å². The highest BCUT2D eigenvalue weighted by Crippen LogP contribution is 2.28. The Balaban J connectivity index is 1.62. The second kappa shape index (κ2) is 7.96. The number of ether oxygens (including phenoxy) is 1. The molecular formula is C18H18Cl2FN5O. The fourth-order valence-electron chi connectivity index (χ4n) is 3.18. The van der Waals surface area contributed by atoms with E-state index < -0.39 is 6.08 Å². The van der Waals surface area contributed by atoms with Crippen molar-refractivity contribution in [2.75, 3.05) is 11.9 Å². The van der Waals surface area contributed by atoms with Crippen LogP contribution in [0.2, 0.25) is 10.0 Å². The Labute approximate surface area is 165 Å². The van der Waals surface area contributed by atoms with Gasteiger partial charge in [-0.2, -0.15) is 14.4 Å². The molecule has 9 heteroatoms. The van der Waals surface area contributed by atoms with Crippen LogP contribution < -0.4 is 5.32 Å². The minimum atomic E-state index is -0.811. The number of imidazole rings is 1. The summed E-state index contributed by atoms with van der Waals surface area (Å²) < 4.78 is 21.7. The number of benzene rings is 1. The lowest BCUT2D eigenvalue weighted by Gasteiger charge is -2.17. The molecule has 3 aromatic rings. The van der Waals surface area contributed by atoms with Crippen LogP contribution in [0.4, 0.5) is 10.2 Å². The summed E-state index contributed by atoms with van der Waals surface area (Å²) in [6, 6.07) is 5.31. The first kappa shape index (κ1) is 18.4. The molecule has 1 aliphatic heterocycles. The van der Waals surface area contributed by atoms with E-state index in [1.807, 2.05) is 6.07 Å². The van der Waals surface area contributed by atoms with Crippen molar-refractivity contribution in [1.82, 2.24) is 19.5 Å². The van der Waals surface area contributed by atoms with Gasteiger partial charge in [-0.15, -0.1) is 0 Å². The molecule has 0 aliphatic carbocycles. The molecule has 27 heavy (non-hydrogen) atoms. The predicted octanol–water partition coefficient (Wildman–Crippen LogP) is 4.97. The molecule has 1 atom stereocenters. The van der Waals surface area contributed by atoms with Gasteiger partial charge in [0.05, 0.1) is 16.4 Å². The van der Waals surface area contributed by atoms with Crippen molar-refractivity contribution in [3.05, 3.63) is 46.2 Å². The number of rotatable bonds is 4. The molecule has 0 spiro atoms. The fraction of sp³-hybridized carbons (Fsp3) is 0.389. The second-order valence-electron chi connectivity index (χ2n) is 6.44. The minimum Gasteiger partial charge on any atom is -0.364 e. The van der Waals surface area contributed by atoms with E-state index in [0.717, 1.165) is 31.2 Å². The minimum absolute atomic E-state index is 0.185. The van der Waals surface area contributed by atoms with Gasteiger partial charge in [-0.05, 0) is 37.0 Å². The summed E-state index contributed by atoms with van der Waals surface area (Å²) in [5, 5.41) is 4.06. The van der Waals surface area contributed by atoms with Gasteiger partial charge in [-0.3, -0.25) is 4.57 Å². The van der Waals surface area contributed by atoms with Crippen LogP contribution >= 0.6 is 23.2 Å². The van der Waals surface area contributed by atoms with Crippen molar-refractivity contribution in [2.24, 2.45) is 0 Å². The molecule has 1 aromatic carbocycles. The van der Waals surface area contributed by atoms with Crippen molar-refractivity contribution in [1.29, 1.82) is 0 Å². The standard InChI is InChI=1S/C18H18Cl2FN5O/c19-12-6-5-11(8-13(12)20)9-22-16-15-17(25-18(21)24-16)26(10-23-15)14-4-2-1-3-7-27-14/h5-6,8,10,14H,1-4,7,9H2,(H,22,24,25). The molecule has 4 rings (SSSR count). The monoisotopic (exact) mass is 409 g/mol. The zero-order chi connectivity index (χ0) is 18.8. The number of aromatic nitrogens is 4. The number of nitrogens with one attached hydrogen (secondary N) is 1. The third-order valence-corrected chi connectivity index (χ3v) is 5.29. The van der Waals surface area contributed by atoms with Gasteiger partial charge in [-0.25, -0.2) is 4.98 Å². The van der Waals surface area contributed by atoms with Crippen molar-refractivity contribution in [2.45, 2.75) is 38.5 Å². The lowest BCUT2D eigenvalue weighted by Crippen LogP contribution is -2.12. The summed E-state index contributed by atoms with van der Waals surface area (Å²) in [7, 11) is 0. The first-order valence-electron chi connectivity index (χ1n) is 8.81. The molecule has 142 valence electrons. The summed E-state index contributed by atoms with van der Waals surface area (Å²) in [6.45, 7) is 1.08. The fourth-order valence-corrected chi connectivity index (χ4v) is 3.50. The molecule has 1 aliphatic rings. The maximum atomic E-state index is 14.1. The molecule has 0 radical (unpaired) electrons. The molecule has 6 nitrogen and oxygen atoms in total. The summed E-state index contributed by atoms with van der Waals surface area (Å²) in [5.41, 5.74) is 1.82. The average molecular weight is 410 g/mol. The number of halogens is 3. The lowest BCUT2D eigenvalue weighted by molar-refractivity contribution is 0.00928. The van der Waals surface area contributed by atoms with E-state index in [1.165, 1.54) is 0 Å². The van der Waals surface area contributed by atoms with Gasteiger partial charge in [0.25, 0.3) is 0 Å². The molecule has 1 fully saturated rings. The number of anilines is 1.